The van der Waals surface area contributed by atoms with Crippen molar-refractivity contribution >= 4 is 22.4 Å². The highest BCUT2D eigenvalue weighted by atomic mass is 32.2. The van der Waals surface area contributed by atoms with E-state index in [9.17, 15) is 0 Å². The summed E-state index contributed by atoms with van der Waals surface area (Å²) in [6, 6.07) is 11.1. The molecule has 0 saturated heterocycles. The molecular formula is C28H41NS. The molecule has 0 heterocycles. The Hall–Kier alpha value is -1.93. The maximum absolute atomic E-state index is 5.80. The summed E-state index contributed by atoms with van der Waals surface area (Å²) in [5, 5.41) is 0. The lowest BCUT2D eigenvalue weighted by molar-refractivity contribution is 0.635. The van der Waals surface area contributed by atoms with Crippen molar-refractivity contribution in [3.8, 4) is 0 Å². The Morgan fingerprint density at radius 1 is 1.10 bits per heavy atom. The molecule has 0 radical (unpaired) electrons. The monoisotopic (exact) mass is 423 g/mol. The van der Waals surface area contributed by atoms with Crippen LogP contribution in [0, 0.1) is 13.8 Å². The normalized spacial score (nSPS) is 15.0. The highest BCUT2D eigenvalue weighted by Gasteiger charge is 2.15. The van der Waals surface area contributed by atoms with E-state index in [4.69, 9.17) is 5.73 Å². The van der Waals surface area contributed by atoms with Gasteiger partial charge >= 0.3 is 0 Å². The maximum Gasteiger partial charge on any atom is 0.0346 e. The van der Waals surface area contributed by atoms with Crippen molar-refractivity contribution in [2.75, 3.05) is 12.0 Å². The summed E-state index contributed by atoms with van der Waals surface area (Å²) in [5.74, 6) is 0.715. The van der Waals surface area contributed by atoms with Crippen molar-refractivity contribution in [1.29, 1.82) is 0 Å². The number of fused-ring (bicyclic) bond motifs is 1. The van der Waals surface area contributed by atoms with Crippen LogP contribution >= 0.6 is 11.8 Å². The van der Waals surface area contributed by atoms with E-state index in [1.807, 2.05) is 19.9 Å². The van der Waals surface area contributed by atoms with Crippen molar-refractivity contribution < 1.29 is 0 Å². The fourth-order valence-electron chi connectivity index (χ4n) is 3.91. The van der Waals surface area contributed by atoms with Gasteiger partial charge in [-0.25, -0.2) is 0 Å². The molecule has 2 heteroatoms. The number of hydrogen-bond acceptors (Lipinski definition) is 2. The van der Waals surface area contributed by atoms with E-state index in [1.54, 1.807) is 22.9 Å². The summed E-state index contributed by atoms with van der Waals surface area (Å²) in [6.45, 7) is 16.5. The molecule has 1 aliphatic rings. The Balaban J connectivity index is 0.000000297. The highest BCUT2D eigenvalue weighted by molar-refractivity contribution is 8.07. The first-order chi connectivity index (χ1) is 13.7. The molecule has 0 bridgehead atoms. The number of anilines is 1. The summed E-state index contributed by atoms with van der Waals surface area (Å²) in [6.07, 6.45) is 8.35. The lowest BCUT2D eigenvalue weighted by Gasteiger charge is -2.14. The van der Waals surface area contributed by atoms with Crippen LogP contribution in [0.4, 0.5) is 5.69 Å². The van der Waals surface area contributed by atoms with Gasteiger partial charge in [0.1, 0.15) is 0 Å². The minimum atomic E-state index is 0. The van der Waals surface area contributed by atoms with Gasteiger partial charge in [0.25, 0.3) is 0 Å². The first-order valence-corrected chi connectivity index (χ1v) is 11.8. The van der Waals surface area contributed by atoms with Crippen molar-refractivity contribution in [2.45, 2.75) is 73.1 Å². The first kappa shape index (κ1) is 26.1. The van der Waals surface area contributed by atoms with Crippen molar-refractivity contribution in [1.82, 2.24) is 0 Å². The van der Waals surface area contributed by atoms with Crippen molar-refractivity contribution in [3.05, 3.63) is 82.4 Å². The molecule has 0 fully saturated rings. The summed E-state index contributed by atoms with van der Waals surface area (Å²) < 4.78 is 0. The van der Waals surface area contributed by atoms with Gasteiger partial charge in [0.2, 0.25) is 0 Å². The van der Waals surface area contributed by atoms with Crippen LogP contribution in [0.2, 0.25) is 0 Å². The number of nitrogen functional groups attached to an aromatic ring is 1. The third-order valence-electron chi connectivity index (χ3n) is 5.80. The summed E-state index contributed by atoms with van der Waals surface area (Å²) in [7, 11) is 0. The second-order valence-corrected chi connectivity index (χ2v) is 9.36. The molecule has 1 aliphatic carbocycles. The number of aryl methyl sites for hydroxylation is 3. The van der Waals surface area contributed by atoms with Crippen LogP contribution in [0.1, 0.15) is 79.8 Å². The topological polar surface area (TPSA) is 26.0 Å². The van der Waals surface area contributed by atoms with Crippen LogP contribution in [0.25, 0.3) is 4.91 Å². The van der Waals surface area contributed by atoms with Gasteiger partial charge in [0.15, 0.2) is 0 Å². The summed E-state index contributed by atoms with van der Waals surface area (Å²) in [5.41, 5.74) is 16.0. The Bertz CT molecular complexity index is 878. The van der Waals surface area contributed by atoms with E-state index in [0.29, 0.717) is 5.92 Å². The van der Waals surface area contributed by atoms with Gasteiger partial charge in [0.05, 0.1) is 0 Å². The average molecular weight is 424 g/mol. The molecule has 2 aromatic carbocycles. The Morgan fingerprint density at radius 3 is 2.43 bits per heavy atom. The molecule has 0 aromatic heterocycles. The predicted molar refractivity (Wildman–Crippen MR) is 141 cm³/mol. The van der Waals surface area contributed by atoms with Crippen LogP contribution in [0.5, 0.6) is 0 Å². The van der Waals surface area contributed by atoms with E-state index in [-0.39, 0.29) is 7.43 Å². The molecule has 1 nitrogen and oxygen atoms in total. The number of nitrogens with two attached hydrogens (primary N) is 1. The standard InChI is InChI=1S/C15H20S.C12H17N.CH4/c1-11-6-4-5-7-13-8-9-14(10-15(11)13)12(2)16-3;1-8(2)5-11-6-10(4)12(13)7-9(11)3;/h8-11H,2,4-7H2,1,3H3;6-7H,1,5,13H2,2-4H3;1H4. The second kappa shape index (κ2) is 12.1. The smallest absolute Gasteiger partial charge is 0.0346 e. The lowest BCUT2D eigenvalue weighted by Crippen LogP contribution is -1.97. The zero-order valence-corrected chi connectivity index (χ0v) is 19.7. The van der Waals surface area contributed by atoms with E-state index in [1.165, 1.54) is 52.9 Å². The minimum Gasteiger partial charge on any atom is -0.399 e. The van der Waals surface area contributed by atoms with Crippen LogP contribution in [-0.2, 0) is 12.8 Å². The first-order valence-electron chi connectivity index (χ1n) is 10.6. The van der Waals surface area contributed by atoms with Gasteiger partial charge in [-0.05, 0) is 98.1 Å². The van der Waals surface area contributed by atoms with Gasteiger partial charge in [-0.15, -0.1) is 11.8 Å². The predicted octanol–water partition coefficient (Wildman–Crippen LogP) is 8.49. The maximum atomic E-state index is 5.80. The summed E-state index contributed by atoms with van der Waals surface area (Å²) in [4.78, 5) is 1.18. The SMILES string of the molecule is C.C=C(C)Cc1cc(C)c(N)cc1C.C=C(SC)c1ccc2c(c1)C(C)CCCC2. The molecule has 0 amide bonds. The molecule has 1 atom stereocenters. The van der Waals surface area contributed by atoms with E-state index in [2.05, 4.69) is 57.5 Å². The molecular weight excluding hydrogens is 382 g/mol. The number of hydrogen-bond donors (Lipinski definition) is 1. The van der Waals surface area contributed by atoms with E-state index in [0.717, 1.165) is 17.7 Å². The van der Waals surface area contributed by atoms with E-state index < -0.39 is 0 Å². The average Bonchev–Trinajstić information content (AvgIpc) is 2.87. The fraction of sp³-hybridized carbons (Fsp3) is 0.429. The van der Waals surface area contributed by atoms with Crippen LogP contribution < -0.4 is 5.73 Å². The Morgan fingerprint density at radius 2 is 1.80 bits per heavy atom. The third-order valence-corrected chi connectivity index (χ3v) is 6.52. The van der Waals surface area contributed by atoms with E-state index >= 15 is 0 Å². The molecule has 2 N–H and O–H groups in total. The van der Waals surface area contributed by atoms with Gasteiger partial charge < -0.3 is 5.73 Å². The van der Waals surface area contributed by atoms with Crippen molar-refractivity contribution in [3.63, 3.8) is 0 Å². The Kier molecular flexibility index (Phi) is 10.5. The molecule has 1 unspecified atom stereocenters. The zero-order chi connectivity index (χ0) is 21.6. The quantitative estimate of drug-likeness (QED) is 0.303. The molecule has 0 saturated carbocycles. The minimum absolute atomic E-state index is 0. The third kappa shape index (κ3) is 7.09. The molecule has 0 spiro atoms. The molecule has 164 valence electrons. The lowest BCUT2D eigenvalue weighted by atomic mass is 9.92. The molecule has 2 aromatic rings. The van der Waals surface area contributed by atoms with Crippen molar-refractivity contribution in [2.24, 2.45) is 0 Å². The van der Waals surface area contributed by atoms with Gasteiger partial charge in [0, 0.05) is 10.6 Å². The van der Waals surface area contributed by atoms with Gasteiger partial charge in [-0.3, -0.25) is 0 Å². The molecule has 30 heavy (non-hydrogen) atoms. The molecule has 0 aliphatic heterocycles. The number of rotatable bonds is 4. The summed E-state index contributed by atoms with van der Waals surface area (Å²) >= 11 is 1.74. The Labute approximate surface area is 189 Å². The largest absolute Gasteiger partial charge is 0.399 e. The second-order valence-electron chi connectivity index (χ2n) is 8.46. The van der Waals surface area contributed by atoms with Crippen LogP contribution in [-0.4, -0.2) is 6.26 Å². The van der Waals surface area contributed by atoms with Gasteiger partial charge in [-0.1, -0.05) is 63.8 Å². The fourth-order valence-corrected chi connectivity index (χ4v) is 4.27. The van der Waals surface area contributed by atoms with Gasteiger partial charge in [-0.2, -0.15) is 0 Å². The van der Waals surface area contributed by atoms with Crippen LogP contribution in [0.15, 0.2) is 49.1 Å². The number of benzene rings is 2. The highest BCUT2D eigenvalue weighted by Crippen LogP contribution is 2.33. The zero-order valence-electron chi connectivity index (χ0n) is 18.9. The number of thioether (sulfide) groups is 1. The molecule has 3 rings (SSSR count). The van der Waals surface area contributed by atoms with Crippen LogP contribution in [0.3, 0.4) is 0 Å². The number of allylic oxidation sites excluding steroid dienone is 1.